The Morgan fingerprint density at radius 2 is 1.62 bits per heavy atom. The van der Waals surface area contributed by atoms with Crippen LogP contribution in [-0.4, -0.2) is 70.6 Å². The molecule has 2 amide bonds. The van der Waals surface area contributed by atoms with Gasteiger partial charge in [-0.1, -0.05) is 13.3 Å². The molecule has 1 heterocycles. The van der Waals surface area contributed by atoms with Gasteiger partial charge in [-0.15, -0.1) is 0 Å². The van der Waals surface area contributed by atoms with Crippen molar-refractivity contribution in [1.82, 2.24) is 9.80 Å². The predicted molar refractivity (Wildman–Crippen MR) is 100 cm³/mol. The van der Waals surface area contributed by atoms with Crippen LogP contribution in [0.2, 0.25) is 0 Å². The molecule has 0 aromatic heterocycles. The van der Waals surface area contributed by atoms with Crippen molar-refractivity contribution in [3.8, 4) is 0 Å². The Hall–Kier alpha value is -1.34. The molecule has 2 atom stereocenters. The Kier molecular flexibility index (Phi) is 7.89. The number of hydrogen-bond acceptors (Lipinski definition) is 6. The van der Waals surface area contributed by atoms with Crippen molar-refractivity contribution < 1.29 is 24.2 Å². The second-order valence-electron chi connectivity index (χ2n) is 9.05. The van der Waals surface area contributed by atoms with Gasteiger partial charge in [-0.05, 0) is 53.9 Å². The minimum Gasteiger partial charge on any atom is -0.443 e. The lowest BCUT2D eigenvalue weighted by molar-refractivity contribution is -0.00250. The van der Waals surface area contributed by atoms with Gasteiger partial charge in [0, 0.05) is 26.2 Å². The first-order chi connectivity index (χ1) is 11.8. The highest BCUT2D eigenvalue weighted by Gasteiger charge is 2.33. The highest BCUT2D eigenvalue weighted by molar-refractivity contribution is 5.88. The minimum atomic E-state index is -0.696. The number of likely N-dealkylation sites (tertiary alicyclic amines) is 1. The van der Waals surface area contributed by atoms with Crippen molar-refractivity contribution >= 4 is 12.2 Å². The number of carbonyl (C=O) groups is 2. The fourth-order valence-electron chi connectivity index (χ4n) is 2.77. The summed E-state index contributed by atoms with van der Waals surface area (Å²) in [6.07, 6.45) is -0.105. The third-order valence-electron chi connectivity index (χ3n) is 4.01. The number of rotatable bonds is 5. The molecule has 0 bridgehead atoms. The van der Waals surface area contributed by atoms with Gasteiger partial charge in [0.15, 0.2) is 0 Å². The molecular weight excluding hydrogens is 336 g/mol. The third-order valence-corrected chi connectivity index (χ3v) is 4.01. The van der Waals surface area contributed by atoms with Crippen molar-refractivity contribution in [2.45, 2.75) is 78.6 Å². The van der Waals surface area contributed by atoms with E-state index in [1.165, 1.54) is 0 Å². The molecule has 26 heavy (non-hydrogen) atoms. The van der Waals surface area contributed by atoms with Gasteiger partial charge >= 0.3 is 12.2 Å². The van der Waals surface area contributed by atoms with Crippen LogP contribution in [0.4, 0.5) is 9.59 Å². The molecule has 1 aliphatic heterocycles. The number of hydrogen-bond donors (Lipinski definition) is 1. The Labute approximate surface area is 157 Å². The van der Waals surface area contributed by atoms with Gasteiger partial charge in [0.25, 0.3) is 0 Å². The second-order valence-corrected chi connectivity index (χ2v) is 9.05. The first-order valence-corrected chi connectivity index (χ1v) is 9.44. The molecule has 0 aromatic carbocycles. The topological polar surface area (TPSA) is 79.3 Å². The lowest BCUT2D eigenvalue weighted by Gasteiger charge is -2.31. The van der Waals surface area contributed by atoms with E-state index in [0.717, 1.165) is 30.8 Å². The Bertz CT molecular complexity index is 453. The van der Waals surface area contributed by atoms with Gasteiger partial charge in [0.1, 0.15) is 11.2 Å². The molecule has 1 rings (SSSR count). The number of imide groups is 1. The van der Waals surface area contributed by atoms with Crippen molar-refractivity contribution in [3.05, 3.63) is 0 Å². The average Bonchev–Trinajstić information content (AvgIpc) is 2.84. The summed E-state index contributed by atoms with van der Waals surface area (Å²) < 4.78 is 10.8. The summed E-state index contributed by atoms with van der Waals surface area (Å²) in [7, 11) is 0. The van der Waals surface area contributed by atoms with E-state index in [1.807, 2.05) is 6.92 Å². The van der Waals surface area contributed by atoms with Gasteiger partial charge in [0.05, 0.1) is 6.10 Å². The van der Waals surface area contributed by atoms with E-state index in [1.54, 1.807) is 41.5 Å². The lowest BCUT2D eigenvalue weighted by Crippen LogP contribution is -2.47. The van der Waals surface area contributed by atoms with Crippen LogP contribution < -0.4 is 0 Å². The summed E-state index contributed by atoms with van der Waals surface area (Å²) in [6, 6.07) is 0. The highest BCUT2D eigenvalue weighted by atomic mass is 16.6. The lowest BCUT2D eigenvalue weighted by atomic mass is 10.1. The number of amides is 2. The molecule has 7 nitrogen and oxygen atoms in total. The van der Waals surface area contributed by atoms with Crippen LogP contribution in [0.3, 0.4) is 0 Å². The number of aliphatic hydroxyl groups is 1. The summed E-state index contributed by atoms with van der Waals surface area (Å²) >= 11 is 0. The molecule has 1 saturated heterocycles. The Morgan fingerprint density at radius 3 is 1.96 bits per heavy atom. The largest absolute Gasteiger partial charge is 0.443 e. The molecule has 0 aromatic rings. The molecule has 1 fully saturated rings. The smallest absolute Gasteiger partial charge is 0.419 e. The van der Waals surface area contributed by atoms with E-state index < -0.39 is 23.4 Å². The number of carbonyl (C=O) groups excluding carboxylic acids is 2. The third kappa shape index (κ3) is 8.36. The van der Waals surface area contributed by atoms with Crippen molar-refractivity contribution in [1.29, 1.82) is 0 Å². The van der Waals surface area contributed by atoms with Crippen LogP contribution in [0.15, 0.2) is 0 Å². The zero-order valence-electron chi connectivity index (χ0n) is 17.4. The predicted octanol–water partition coefficient (Wildman–Crippen LogP) is 3.25. The Morgan fingerprint density at radius 1 is 1.12 bits per heavy atom. The van der Waals surface area contributed by atoms with Gasteiger partial charge in [-0.2, -0.15) is 0 Å². The number of β-amino-alcohol motifs (C(OH)–C–C–N with tert-alkyl or cyclic N) is 1. The molecule has 0 aliphatic carbocycles. The van der Waals surface area contributed by atoms with E-state index in [9.17, 15) is 14.7 Å². The van der Waals surface area contributed by atoms with Gasteiger partial charge in [0.2, 0.25) is 0 Å². The molecule has 1 aliphatic rings. The zero-order chi connectivity index (χ0) is 20.1. The first kappa shape index (κ1) is 22.7. The second kappa shape index (κ2) is 9.04. The van der Waals surface area contributed by atoms with E-state index in [0.29, 0.717) is 6.54 Å². The minimum absolute atomic E-state index is 0.0836. The van der Waals surface area contributed by atoms with Crippen molar-refractivity contribution in [3.63, 3.8) is 0 Å². The summed E-state index contributed by atoms with van der Waals surface area (Å²) in [5.74, 6) is 0.0836. The maximum absolute atomic E-state index is 12.6. The highest BCUT2D eigenvalue weighted by Crippen LogP contribution is 2.19. The maximum atomic E-state index is 12.6. The summed E-state index contributed by atoms with van der Waals surface area (Å²) in [5.41, 5.74) is -1.39. The molecule has 1 N–H and O–H groups in total. The quantitative estimate of drug-likeness (QED) is 0.798. The summed E-state index contributed by atoms with van der Waals surface area (Å²) in [6.45, 7) is 15.0. The maximum Gasteiger partial charge on any atom is 0.419 e. The fraction of sp³-hybridized carbons (Fsp3) is 0.895. The normalized spacial score (nSPS) is 19.9. The van der Waals surface area contributed by atoms with Crippen LogP contribution in [0.1, 0.15) is 61.3 Å². The van der Waals surface area contributed by atoms with Crippen LogP contribution in [0.5, 0.6) is 0 Å². The van der Waals surface area contributed by atoms with E-state index in [4.69, 9.17) is 9.47 Å². The zero-order valence-corrected chi connectivity index (χ0v) is 17.4. The van der Waals surface area contributed by atoms with Crippen molar-refractivity contribution in [2.24, 2.45) is 5.92 Å². The summed E-state index contributed by atoms with van der Waals surface area (Å²) in [5, 5.41) is 9.70. The number of ether oxygens (including phenoxy) is 2. The number of nitrogens with zero attached hydrogens (tertiary/aromatic N) is 2. The standard InChI is InChI=1S/C19H36N2O5/c1-8-14(11-20-10-9-15(22)13-20)12-21(16(23)25-18(2,3)4)17(24)26-19(5,6)7/h14-15,22H,8-13H2,1-7H3/t14-,15-/m1/s1. The van der Waals surface area contributed by atoms with E-state index >= 15 is 0 Å². The molecule has 152 valence electrons. The van der Waals surface area contributed by atoms with Crippen LogP contribution in [0.25, 0.3) is 0 Å². The van der Waals surface area contributed by atoms with Gasteiger partial charge in [-0.25, -0.2) is 14.5 Å². The molecular formula is C19H36N2O5. The number of aliphatic hydroxyl groups excluding tert-OH is 1. The first-order valence-electron chi connectivity index (χ1n) is 9.44. The van der Waals surface area contributed by atoms with Crippen molar-refractivity contribution in [2.75, 3.05) is 26.2 Å². The van der Waals surface area contributed by atoms with Crippen LogP contribution in [0, 0.1) is 5.92 Å². The molecule has 0 spiro atoms. The summed E-state index contributed by atoms with van der Waals surface area (Å²) in [4.78, 5) is 28.4. The van der Waals surface area contributed by atoms with E-state index in [2.05, 4.69) is 4.90 Å². The average molecular weight is 373 g/mol. The monoisotopic (exact) mass is 372 g/mol. The van der Waals surface area contributed by atoms with E-state index in [-0.39, 0.29) is 18.6 Å². The SMILES string of the molecule is CC[C@H](CN1CC[C@@H](O)C1)CN(C(=O)OC(C)(C)C)C(=O)OC(C)(C)C. The van der Waals surface area contributed by atoms with Crippen LogP contribution in [-0.2, 0) is 9.47 Å². The van der Waals surface area contributed by atoms with Gasteiger partial charge in [-0.3, -0.25) is 0 Å². The molecule has 0 radical (unpaired) electrons. The van der Waals surface area contributed by atoms with Crippen LogP contribution >= 0.6 is 0 Å². The van der Waals surface area contributed by atoms with Gasteiger partial charge < -0.3 is 19.5 Å². The fourth-order valence-corrected chi connectivity index (χ4v) is 2.77. The molecule has 7 heteroatoms. The molecule has 0 saturated carbocycles. The Balaban J connectivity index is 2.84. The molecule has 0 unspecified atom stereocenters.